The van der Waals surface area contributed by atoms with Crippen LogP contribution in [-0.2, 0) is 16.4 Å². The van der Waals surface area contributed by atoms with Gasteiger partial charge in [-0.3, -0.25) is 0 Å². The van der Waals surface area contributed by atoms with Gasteiger partial charge < -0.3 is 4.90 Å². The van der Waals surface area contributed by atoms with Gasteiger partial charge in [0.15, 0.2) is 0 Å². The van der Waals surface area contributed by atoms with Crippen LogP contribution in [0.1, 0.15) is 11.1 Å². The summed E-state index contributed by atoms with van der Waals surface area (Å²) in [5.74, 6) is 7.10. The van der Waals surface area contributed by atoms with Crippen molar-refractivity contribution in [1.29, 1.82) is 0 Å². The molecule has 0 bridgehead atoms. The van der Waals surface area contributed by atoms with E-state index in [4.69, 9.17) is 0 Å². The van der Waals surface area contributed by atoms with E-state index in [0.29, 0.717) is 43.1 Å². The van der Waals surface area contributed by atoms with Crippen LogP contribution in [0.5, 0.6) is 0 Å². The average Bonchev–Trinajstić information content (AvgIpc) is 2.81. The highest BCUT2D eigenvalue weighted by molar-refractivity contribution is 7.89. The third kappa shape index (κ3) is 4.70. The van der Waals surface area contributed by atoms with Gasteiger partial charge in [-0.2, -0.15) is 4.31 Å². The van der Waals surface area contributed by atoms with Crippen molar-refractivity contribution in [2.75, 3.05) is 31.1 Å². The molecule has 2 heterocycles. The van der Waals surface area contributed by atoms with Crippen LogP contribution in [0.2, 0.25) is 0 Å². The van der Waals surface area contributed by atoms with Crippen molar-refractivity contribution in [2.24, 2.45) is 0 Å². The van der Waals surface area contributed by atoms with Crippen molar-refractivity contribution in [3.63, 3.8) is 0 Å². The fourth-order valence-electron chi connectivity index (χ4n) is 3.43. The van der Waals surface area contributed by atoms with Crippen LogP contribution >= 0.6 is 0 Å². The number of benzene rings is 2. The molecule has 6 heteroatoms. The molecule has 0 saturated carbocycles. The molecule has 0 radical (unpaired) electrons. The predicted octanol–water partition coefficient (Wildman–Crippen LogP) is 3.19. The van der Waals surface area contributed by atoms with Crippen LogP contribution in [0.15, 0.2) is 83.9 Å². The van der Waals surface area contributed by atoms with Crippen LogP contribution in [0, 0.1) is 11.8 Å². The molecule has 3 aromatic rings. The largest absolute Gasteiger partial charge is 0.354 e. The van der Waals surface area contributed by atoms with Gasteiger partial charge in [0, 0.05) is 44.4 Å². The van der Waals surface area contributed by atoms with E-state index >= 15 is 0 Å². The molecule has 0 atom stereocenters. The lowest BCUT2D eigenvalue weighted by molar-refractivity contribution is 0.384. The van der Waals surface area contributed by atoms with Crippen molar-refractivity contribution < 1.29 is 8.42 Å². The summed E-state index contributed by atoms with van der Waals surface area (Å²) in [6.45, 7) is 2.10. The van der Waals surface area contributed by atoms with E-state index in [9.17, 15) is 8.42 Å². The molecule has 4 rings (SSSR count). The van der Waals surface area contributed by atoms with E-state index in [1.807, 2.05) is 54.6 Å². The van der Waals surface area contributed by atoms with Crippen LogP contribution in [0.3, 0.4) is 0 Å². The quantitative estimate of drug-likeness (QED) is 0.612. The minimum absolute atomic E-state index is 0.292. The van der Waals surface area contributed by atoms with Crippen LogP contribution in [-0.4, -0.2) is 43.9 Å². The van der Waals surface area contributed by atoms with Crippen LogP contribution in [0.25, 0.3) is 0 Å². The van der Waals surface area contributed by atoms with Gasteiger partial charge in [0.05, 0.1) is 4.90 Å². The molecule has 2 aromatic carbocycles. The molecule has 152 valence electrons. The van der Waals surface area contributed by atoms with Crippen molar-refractivity contribution in [3.05, 3.63) is 90.1 Å². The van der Waals surface area contributed by atoms with E-state index in [1.54, 1.807) is 28.7 Å². The summed E-state index contributed by atoms with van der Waals surface area (Å²) < 4.78 is 27.8. The van der Waals surface area contributed by atoms with Crippen LogP contribution < -0.4 is 4.90 Å². The highest BCUT2D eigenvalue weighted by Gasteiger charge is 2.28. The maximum atomic E-state index is 13.1. The Morgan fingerprint density at radius 1 is 0.867 bits per heavy atom. The molecule has 1 aliphatic heterocycles. The predicted molar refractivity (Wildman–Crippen MR) is 119 cm³/mol. The molecular weight excluding hydrogens is 394 g/mol. The lowest BCUT2D eigenvalue weighted by atomic mass is 10.1. The second-order valence-electron chi connectivity index (χ2n) is 7.07. The second-order valence-corrected chi connectivity index (χ2v) is 9.01. The molecule has 1 saturated heterocycles. The molecule has 1 aromatic heterocycles. The van der Waals surface area contributed by atoms with Gasteiger partial charge in [-0.1, -0.05) is 54.3 Å². The zero-order valence-corrected chi connectivity index (χ0v) is 17.4. The lowest BCUT2D eigenvalue weighted by Gasteiger charge is -2.34. The Hall–Kier alpha value is -3.14. The highest BCUT2D eigenvalue weighted by atomic mass is 32.2. The monoisotopic (exact) mass is 417 g/mol. The normalized spacial score (nSPS) is 14.7. The molecule has 0 amide bonds. The van der Waals surface area contributed by atoms with Gasteiger partial charge in [-0.15, -0.1) is 0 Å². The summed E-state index contributed by atoms with van der Waals surface area (Å²) in [7, 11) is -3.55. The number of anilines is 1. The molecule has 5 nitrogen and oxygen atoms in total. The first-order valence-corrected chi connectivity index (χ1v) is 11.4. The maximum absolute atomic E-state index is 13.1. The molecule has 1 aliphatic rings. The van der Waals surface area contributed by atoms with Gasteiger partial charge in [-0.25, -0.2) is 13.4 Å². The summed E-state index contributed by atoms with van der Waals surface area (Å²) in [4.78, 5) is 6.75. The molecule has 0 aliphatic carbocycles. The topological polar surface area (TPSA) is 53.5 Å². The van der Waals surface area contributed by atoms with Crippen molar-refractivity contribution in [3.8, 4) is 11.8 Å². The highest BCUT2D eigenvalue weighted by Crippen LogP contribution is 2.20. The second kappa shape index (κ2) is 9.12. The summed E-state index contributed by atoms with van der Waals surface area (Å²) >= 11 is 0. The Morgan fingerprint density at radius 3 is 2.37 bits per heavy atom. The van der Waals surface area contributed by atoms with Crippen molar-refractivity contribution in [1.82, 2.24) is 9.29 Å². The van der Waals surface area contributed by atoms with Gasteiger partial charge in [0.1, 0.15) is 5.82 Å². The Bertz CT molecular complexity index is 1150. The molecular formula is C24H23N3O2S. The number of piperazine rings is 1. The third-order valence-electron chi connectivity index (χ3n) is 5.05. The fourth-order valence-corrected chi connectivity index (χ4v) is 4.89. The molecule has 0 spiro atoms. The van der Waals surface area contributed by atoms with Crippen molar-refractivity contribution in [2.45, 2.75) is 11.3 Å². The first kappa shape index (κ1) is 20.1. The Labute approximate surface area is 178 Å². The molecule has 0 unspecified atom stereocenters. The van der Waals surface area contributed by atoms with Gasteiger partial charge in [0.25, 0.3) is 0 Å². The summed E-state index contributed by atoms with van der Waals surface area (Å²) in [6, 6.07) is 22.7. The zero-order chi connectivity index (χ0) is 20.8. The van der Waals surface area contributed by atoms with E-state index in [0.717, 1.165) is 11.4 Å². The van der Waals surface area contributed by atoms with Crippen molar-refractivity contribution >= 4 is 15.8 Å². The van der Waals surface area contributed by atoms with Crippen LogP contribution in [0.4, 0.5) is 5.82 Å². The Balaban J connectivity index is 1.44. The third-order valence-corrected chi connectivity index (χ3v) is 6.95. The SMILES string of the molecule is O=S(=O)(c1cccc(C#CCc2ccccc2)c1)N1CCN(c2ccccn2)CC1. The first-order chi connectivity index (χ1) is 14.6. The molecule has 1 fully saturated rings. The Kier molecular flexibility index (Phi) is 6.12. The minimum atomic E-state index is -3.55. The number of hydrogen-bond acceptors (Lipinski definition) is 4. The van der Waals surface area contributed by atoms with E-state index in [-0.39, 0.29) is 0 Å². The Morgan fingerprint density at radius 2 is 1.63 bits per heavy atom. The van der Waals surface area contributed by atoms with E-state index in [2.05, 4.69) is 21.7 Å². The average molecular weight is 418 g/mol. The summed E-state index contributed by atoms with van der Waals surface area (Å²) in [6.07, 6.45) is 2.38. The number of hydrogen-bond donors (Lipinski definition) is 0. The first-order valence-electron chi connectivity index (χ1n) is 9.92. The smallest absolute Gasteiger partial charge is 0.243 e. The lowest BCUT2D eigenvalue weighted by Crippen LogP contribution is -2.48. The van der Waals surface area contributed by atoms with E-state index in [1.165, 1.54) is 0 Å². The molecule has 30 heavy (non-hydrogen) atoms. The van der Waals surface area contributed by atoms with Gasteiger partial charge in [0.2, 0.25) is 10.0 Å². The summed E-state index contributed by atoms with van der Waals surface area (Å²) in [5, 5.41) is 0. The van der Waals surface area contributed by atoms with Gasteiger partial charge >= 0.3 is 0 Å². The standard InChI is InChI=1S/C24H23N3O2S/c28-30(29,27-18-16-26(17-19-27)24-14-4-5-15-25-24)23-13-7-12-22(20-23)11-6-10-21-8-2-1-3-9-21/h1-5,7-9,12-15,20H,10,16-19H2. The number of pyridine rings is 1. The van der Waals surface area contributed by atoms with E-state index < -0.39 is 10.0 Å². The maximum Gasteiger partial charge on any atom is 0.243 e. The minimum Gasteiger partial charge on any atom is -0.354 e. The fraction of sp³-hybridized carbons (Fsp3) is 0.208. The summed E-state index contributed by atoms with van der Waals surface area (Å²) in [5.41, 5.74) is 1.85. The number of sulfonamides is 1. The number of nitrogens with zero attached hydrogens (tertiary/aromatic N) is 3. The molecule has 0 N–H and O–H groups in total. The number of rotatable bonds is 4. The van der Waals surface area contributed by atoms with Gasteiger partial charge in [-0.05, 0) is 35.9 Å². The zero-order valence-electron chi connectivity index (χ0n) is 16.6. The number of aromatic nitrogens is 1.